The van der Waals surface area contributed by atoms with Crippen LogP contribution < -0.4 is 10.0 Å². The zero-order valence-corrected chi connectivity index (χ0v) is 5.78. The van der Waals surface area contributed by atoms with Crippen LogP contribution in [0.2, 0.25) is 0 Å². The van der Waals surface area contributed by atoms with Crippen molar-refractivity contribution in [2.24, 2.45) is 0 Å². The van der Waals surface area contributed by atoms with Crippen molar-refractivity contribution in [3.63, 3.8) is 0 Å². The van der Waals surface area contributed by atoms with E-state index in [-0.39, 0.29) is 27.3 Å². The molecule has 19 valence electrons. The van der Waals surface area contributed by atoms with E-state index in [1.165, 1.54) is 0 Å². The van der Waals surface area contributed by atoms with E-state index in [4.69, 9.17) is 10.0 Å². The Morgan fingerprint density at radius 2 is 1.25 bits per heavy atom. The van der Waals surface area contributed by atoms with Crippen molar-refractivity contribution in [3.8, 4) is 0 Å². The van der Waals surface area contributed by atoms with E-state index in [2.05, 4.69) is 0 Å². The van der Waals surface area contributed by atoms with Crippen molar-refractivity contribution >= 4 is 35.0 Å². The first-order valence-corrected chi connectivity index (χ1v) is 0.471. The molecule has 0 aliphatic carbocycles. The van der Waals surface area contributed by atoms with E-state index in [9.17, 15) is 0 Å². The molecule has 0 unspecified atom stereocenters. The van der Waals surface area contributed by atoms with E-state index in [0.717, 1.165) is 0 Å². The summed E-state index contributed by atoms with van der Waals surface area (Å²) < 4.78 is 0. The minimum Gasteiger partial charge on any atom is -0.900 e. The number of rotatable bonds is 0. The molecule has 0 rings (SSSR count). The maximum atomic E-state index is 8.25. The van der Waals surface area contributed by atoms with E-state index in [1.807, 2.05) is 0 Å². The summed E-state index contributed by atoms with van der Waals surface area (Å²) in [5.74, 6) is 0. The van der Waals surface area contributed by atoms with Gasteiger partial charge in [-0.3, -0.25) is 0 Å². The van der Waals surface area contributed by atoms with Gasteiger partial charge in [-0.1, -0.05) is 0 Å². The molecule has 0 N–H and O–H groups in total. The Hall–Kier alpha value is 0.907. The van der Waals surface area contributed by atoms with Crippen molar-refractivity contribution in [1.29, 1.82) is 0 Å². The second-order valence-corrected chi connectivity index (χ2v) is 0.0962. The molecule has 0 aromatic carbocycles. The van der Waals surface area contributed by atoms with Gasteiger partial charge < -0.3 is 10.0 Å². The van der Waals surface area contributed by atoms with Gasteiger partial charge in [-0.15, -0.1) is 0 Å². The Kier molecular flexibility index (Phi) is 20.1. The van der Waals surface area contributed by atoms with Gasteiger partial charge in [-0.25, -0.2) is 7.69 Å². The molecule has 0 heterocycles. The molecule has 4 heteroatoms. The predicted octanol–water partition coefficient (Wildman–Crippen LogP) is -3.14. The minimum absolute atomic E-state index is 0. The van der Waals surface area contributed by atoms with Crippen LogP contribution in [-0.2, 0) is 0 Å². The summed E-state index contributed by atoms with van der Waals surface area (Å²) >= 11 is 0. The standard InChI is InChI=1S/BO2.Pb/c2-1-3;/q-2;+2. The van der Waals surface area contributed by atoms with Crippen molar-refractivity contribution in [3.05, 3.63) is 0 Å². The molecule has 0 saturated heterocycles. The summed E-state index contributed by atoms with van der Waals surface area (Å²) in [5.41, 5.74) is 0. The zero-order chi connectivity index (χ0) is 2.71. The van der Waals surface area contributed by atoms with Crippen LogP contribution >= 0.6 is 0 Å². The third kappa shape index (κ3) is 12.9. The van der Waals surface area contributed by atoms with Gasteiger partial charge >= 0.3 is 27.3 Å². The molecule has 0 fully saturated rings. The first-order valence-electron chi connectivity index (χ1n) is 0.471. The average molecular weight is 250 g/mol. The molecule has 0 spiro atoms. The van der Waals surface area contributed by atoms with Crippen molar-refractivity contribution in [2.45, 2.75) is 0 Å². The fourth-order valence-corrected chi connectivity index (χ4v) is 0. The van der Waals surface area contributed by atoms with Gasteiger partial charge in [0.15, 0.2) is 0 Å². The SMILES string of the molecule is [O-][B][O-].[Pb+2]. The van der Waals surface area contributed by atoms with E-state index in [0.29, 0.717) is 0 Å². The Labute approximate surface area is 45.3 Å². The fourth-order valence-electron chi connectivity index (χ4n) is 0. The molecule has 2 nitrogen and oxygen atoms in total. The van der Waals surface area contributed by atoms with Crippen molar-refractivity contribution < 1.29 is 10.0 Å². The van der Waals surface area contributed by atoms with Crippen LogP contribution in [0.1, 0.15) is 0 Å². The van der Waals surface area contributed by atoms with Crippen LogP contribution in [0.5, 0.6) is 0 Å². The van der Waals surface area contributed by atoms with Crippen LogP contribution in [0.15, 0.2) is 0 Å². The normalized spacial score (nSPS) is 3.50. The van der Waals surface area contributed by atoms with Crippen LogP contribution in [0.4, 0.5) is 0 Å². The number of hydrogen-bond donors (Lipinski definition) is 0. The monoisotopic (exact) mass is 251 g/mol. The van der Waals surface area contributed by atoms with Crippen LogP contribution in [0.3, 0.4) is 0 Å². The summed E-state index contributed by atoms with van der Waals surface area (Å²) in [7, 11) is -0.500. The molecule has 0 saturated carbocycles. The van der Waals surface area contributed by atoms with Gasteiger partial charge in [-0.05, 0) is 0 Å². The average Bonchev–Trinajstić information content (AvgIpc) is 0.918. The van der Waals surface area contributed by atoms with Crippen LogP contribution in [0.25, 0.3) is 0 Å². The van der Waals surface area contributed by atoms with E-state index < -0.39 is 7.69 Å². The summed E-state index contributed by atoms with van der Waals surface area (Å²) in [6.45, 7) is 0. The summed E-state index contributed by atoms with van der Waals surface area (Å²) in [6.07, 6.45) is 0. The Morgan fingerprint density at radius 3 is 1.25 bits per heavy atom. The summed E-state index contributed by atoms with van der Waals surface area (Å²) in [6, 6.07) is 0. The van der Waals surface area contributed by atoms with Crippen LogP contribution in [0, 0.1) is 0 Å². The maximum Gasteiger partial charge on any atom is 2.00 e. The van der Waals surface area contributed by atoms with Gasteiger partial charge in [0.05, 0.1) is 0 Å². The molecule has 3 radical (unpaired) electrons. The third-order valence-electron chi connectivity index (χ3n) is 0. The van der Waals surface area contributed by atoms with Gasteiger partial charge in [0.1, 0.15) is 0 Å². The quantitative estimate of drug-likeness (QED) is 0.426. The Balaban J connectivity index is 0. The third-order valence-corrected chi connectivity index (χ3v) is 0. The van der Waals surface area contributed by atoms with Crippen LogP contribution in [-0.4, -0.2) is 35.0 Å². The van der Waals surface area contributed by atoms with Crippen molar-refractivity contribution in [2.75, 3.05) is 0 Å². The fraction of sp³-hybridized carbons (Fsp3) is 0. The Bertz CT molecular complexity index is 6.00. The number of hydrogen-bond acceptors (Lipinski definition) is 2. The van der Waals surface area contributed by atoms with Crippen molar-refractivity contribution in [1.82, 2.24) is 0 Å². The zero-order valence-electron chi connectivity index (χ0n) is 1.89. The molecule has 4 heavy (non-hydrogen) atoms. The molecule has 0 aromatic rings. The van der Waals surface area contributed by atoms with E-state index in [1.54, 1.807) is 0 Å². The smallest absolute Gasteiger partial charge is 0.900 e. The first kappa shape index (κ1) is 8.86. The van der Waals surface area contributed by atoms with E-state index >= 15 is 0 Å². The van der Waals surface area contributed by atoms with Gasteiger partial charge in [-0.2, -0.15) is 0 Å². The molecular weight excluding hydrogens is 250 g/mol. The molecule has 0 aliphatic heterocycles. The largest absolute Gasteiger partial charge is 2.00 e. The molecular formula is BO2Pb. The summed E-state index contributed by atoms with van der Waals surface area (Å²) in [5, 5.41) is 16.5. The van der Waals surface area contributed by atoms with Gasteiger partial charge in [0.25, 0.3) is 0 Å². The molecule has 0 atom stereocenters. The molecule has 0 aliphatic rings. The molecule has 0 amide bonds. The maximum absolute atomic E-state index is 8.25. The molecule has 0 aromatic heterocycles. The minimum atomic E-state index is -0.500. The Morgan fingerprint density at radius 1 is 1.25 bits per heavy atom. The predicted molar refractivity (Wildman–Crippen MR) is 11.5 cm³/mol. The van der Waals surface area contributed by atoms with Gasteiger partial charge in [0, 0.05) is 0 Å². The first-order chi connectivity index (χ1) is 1.41. The second-order valence-electron chi connectivity index (χ2n) is 0.0962. The molecule has 0 bridgehead atoms. The van der Waals surface area contributed by atoms with Gasteiger partial charge in [0.2, 0.25) is 0 Å². The summed E-state index contributed by atoms with van der Waals surface area (Å²) in [4.78, 5) is 0. The topological polar surface area (TPSA) is 46.1 Å². The second kappa shape index (κ2) is 9.08.